The van der Waals surface area contributed by atoms with Gasteiger partial charge >= 0.3 is 0 Å². The first-order chi connectivity index (χ1) is 6.33. The summed E-state index contributed by atoms with van der Waals surface area (Å²) >= 11 is 0. The molecule has 3 nitrogen and oxygen atoms in total. The first-order valence-corrected chi connectivity index (χ1v) is 5.17. The molecule has 1 aliphatic rings. The minimum atomic E-state index is 0.913. The quantitative estimate of drug-likeness (QED) is 0.751. The second-order valence-electron chi connectivity index (χ2n) is 3.74. The summed E-state index contributed by atoms with van der Waals surface area (Å²) < 4.78 is 1.97. The smallest absolute Gasteiger partial charge is 0.125 e. The maximum Gasteiger partial charge on any atom is 0.125 e. The van der Waals surface area contributed by atoms with Gasteiger partial charge in [-0.25, -0.2) is 4.68 Å². The van der Waals surface area contributed by atoms with E-state index in [1.165, 1.54) is 24.1 Å². The van der Waals surface area contributed by atoms with E-state index in [0.29, 0.717) is 0 Å². The average Bonchev–Trinajstić information content (AvgIpc) is 2.46. The maximum atomic E-state index is 6.01. The molecule has 0 amide bonds. The molecule has 2 N–H and O–H groups in total. The number of hydrogen-bond acceptors (Lipinski definition) is 2. The zero-order chi connectivity index (χ0) is 9.26. The third kappa shape index (κ3) is 1.43. The van der Waals surface area contributed by atoms with Crippen molar-refractivity contribution in [1.82, 2.24) is 9.78 Å². The Hall–Kier alpha value is -0.990. The number of anilines is 1. The van der Waals surface area contributed by atoms with Gasteiger partial charge in [-0.15, -0.1) is 0 Å². The van der Waals surface area contributed by atoms with Crippen LogP contribution in [0.4, 0.5) is 5.82 Å². The third-order valence-corrected chi connectivity index (χ3v) is 2.70. The molecular weight excluding hydrogens is 162 g/mol. The monoisotopic (exact) mass is 179 g/mol. The number of hydrogen-bond donors (Lipinski definition) is 1. The molecule has 0 atom stereocenters. The molecule has 0 aliphatic heterocycles. The van der Waals surface area contributed by atoms with Crippen molar-refractivity contribution in [1.29, 1.82) is 0 Å². The number of rotatable bonds is 2. The van der Waals surface area contributed by atoms with Crippen molar-refractivity contribution >= 4 is 5.82 Å². The maximum absolute atomic E-state index is 6.01. The highest BCUT2D eigenvalue weighted by Crippen LogP contribution is 2.25. The topological polar surface area (TPSA) is 43.8 Å². The molecule has 2 rings (SSSR count). The van der Waals surface area contributed by atoms with Crippen molar-refractivity contribution in [3.05, 3.63) is 11.3 Å². The summed E-state index contributed by atoms with van der Waals surface area (Å²) in [5.74, 6) is 0.913. The number of nitrogens with zero attached hydrogens (tertiary/aromatic N) is 2. The van der Waals surface area contributed by atoms with E-state index in [4.69, 9.17) is 5.73 Å². The van der Waals surface area contributed by atoms with Gasteiger partial charge in [0.05, 0.1) is 5.69 Å². The second-order valence-corrected chi connectivity index (χ2v) is 3.74. The van der Waals surface area contributed by atoms with E-state index >= 15 is 0 Å². The van der Waals surface area contributed by atoms with Crippen LogP contribution in [0.15, 0.2) is 0 Å². The van der Waals surface area contributed by atoms with Crippen molar-refractivity contribution in [2.75, 3.05) is 5.73 Å². The molecule has 72 valence electrons. The van der Waals surface area contributed by atoms with Gasteiger partial charge in [0.2, 0.25) is 0 Å². The van der Waals surface area contributed by atoms with Gasteiger partial charge in [-0.1, -0.05) is 6.92 Å². The molecule has 0 bridgehead atoms. The van der Waals surface area contributed by atoms with Crippen LogP contribution in [0.2, 0.25) is 0 Å². The van der Waals surface area contributed by atoms with Crippen LogP contribution in [0.3, 0.4) is 0 Å². The predicted molar refractivity (Wildman–Crippen MR) is 53.6 cm³/mol. The van der Waals surface area contributed by atoms with E-state index in [1.807, 2.05) is 4.68 Å². The summed E-state index contributed by atoms with van der Waals surface area (Å²) in [4.78, 5) is 0. The van der Waals surface area contributed by atoms with Crippen molar-refractivity contribution in [3.63, 3.8) is 0 Å². The molecule has 3 heteroatoms. The largest absolute Gasteiger partial charge is 0.384 e. The first kappa shape index (κ1) is 8.60. The lowest BCUT2D eigenvalue weighted by Crippen LogP contribution is -2.04. The fourth-order valence-electron chi connectivity index (χ4n) is 2.01. The molecule has 1 heterocycles. The van der Waals surface area contributed by atoms with E-state index < -0.39 is 0 Å². The lowest BCUT2D eigenvalue weighted by atomic mass is 9.98. The van der Waals surface area contributed by atoms with Gasteiger partial charge in [0.1, 0.15) is 5.82 Å². The van der Waals surface area contributed by atoms with Gasteiger partial charge in [-0.2, -0.15) is 5.10 Å². The van der Waals surface area contributed by atoms with Crippen LogP contribution in [0.1, 0.15) is 37.4 Å². The standard InChI is InChI=1S/C10H17N3/c1-2-7-13-10(11)8-5-3-4-6-9(8)12-13/h2-7,11H2,1H3. The van der Waals surface area contributed by atoms with E-state index in [2.05, 4.69) is 12.0 Å². The van der Waals surface area contributed by atoms with Gasteiger partial charge in [-0.05, 0) is 32.1 Å². The molecule has 1 aromatic heterocycles. The van der Waals surface area contributed by atoms with Crippen LogP contribution < -0.4 is 5.73 Å². The summed E-state index contributed by atoms with van der Waals surface area (Å²) in [6.07, 6.45) is 5.90. The van der Waals surface area contributed by atoms with E-state index in [0.717, 1.165) is 31.6 Å². The molecule has 0 radical (unpaired) electrons. The summed E-state index contributed by atoms with van der Waals surface area (Å²) in [7, 11) is 0. The Balaban J connectivity index is 2.33. The minimum absolute atomic E-state index is 0.913. The summed E-state index contributed by atoms with van der Waals surface area (Å²) in [6, 6.07) is 0. The molecular formula is C10H17N3. The van der Waals surface area contributed by atoms with Crippen LogP contribution in [0, 0.1) is 0 Å². The van der Waals surface area contributed by atoms with Gasteiger partial charge in [0.25, 0.3) is 0 Å². The number of aryl methyl sites for hydroxylation is 2. The molecule has 0 unspecified atom stereocenters. The molecule has 1 aliphatic carbocycles. The molecule has 1 aromatic rings. The lowest BCUT2D eigenvalue weighted by molar-refractivity contribution is 0.596. The Bertz CT molecular complexity index is 301. The lowest BCUT2D eigenvalue weighted by Gasteiger charge is -2.08. The van der Waals surface area contributed by atoms with Gasteiger partial charge in [0.15, 0.2) is 0 Å². The second kappa shape index (κ2) is 3.40. The Morgan fingerprint density at radius 3 is 2.85 bits per heavy atom. The number of nitrogens with two attached hydrogens (primary N) is 1. The number of fused-ring (bicyclic) bond motifs is 1. The third-order valence-electron chi connectivity index (χ3n) is 2.70. The highest BCUT2D eigenvalue weighted by molar-refractivity contribution is 5.44. The molecule has 0 fully saturated rings. The summed E-state index contributed by atoms with van der Waals surface area (Å²) in [5, 5.41) is 4.53. The molecule has 13 heavy (non-hydrogen) atoms. The van der Waals surface area contributed by atoms with Crippen LogP contribution >= 0.6 is 0 Å². The fourth-order valence-corrected chi connectivity index (χ4v) is 2.01. The Kier molecular flexibility index (Phi) is 2.25. The van der Waals surface area contributed by atoms with E-state index in [-0.39, 0.29) is 0 Å². The Morgan fingerprint density at radius 2 is 2.15 bits per heavy atom. The number of nitrogen functional groups attached to an aromatic ring is 1. The molecule has 0 spiro atoms. The average molecular weight is 179 g/mol. The van der Waals surface area contributed by atoms with Crippen molar-refractivity contribution in [3.8, 4) is 0 Å². The summed E-state index contributed by atoms with van der Waals surface area (Å²) in [5.41, 5.74) is 8.58. The van der Waals surface area contributed by atoms with Crippen LogP contribution in [0.5, 0.6) is 0 Å². The van der Waals surface area contributed by atoms with Gasteiger partial charge in [-0.3, -0.25) is 0 Å². The zero-order valence-corrected chi connectivity index (χ0v) is 8.21. The first-order valence-electron chi connectivity index (χ1n) is 5.17. The van der Waals surface area contributed by atoms with Gasteiger partial charge in [0, 0.05) is 12.1 Å². The van der Waals surface area contributed by atoms with Crippen LogP contribution in [0.25, 0.3) is 0 Å². The van der Waals surface area contributed by atoms with Gasteiger partial charge < -0.3 is 5.73 Å². The zero-order valence-electron chi connectivity index (χ0n) is 8.21. The van der Waals surface area contributed by atoms with E-state index in [1.54, 1.807) is 0 Å². The van der Waals surface area contributed by atoms with Crippen molar-refractivity contribution in [2.24, 2.45) is 0 Å². The summed E-state index contributed by atoms with van der Waals surface area (Å²) in [6.45, 7) is 3.11. The highest BCUT2D eigenvalue weighted by Gasteiger charge is 2.17. The number of aromatic nitrogens is 2. The highest BCUT2D eigenvalue weighted by atomic mass is 15.3. The molecule has 0 saturated carbocycles. The Morgan fingerprint density at radius 1 is 1.38 bits per heavy atom. The SMILES string of the molecule is CCCn1nc2c(c1N)CCCC2. The molecule has 0 aromatic carbocycles. The Labute approximate surface area is 78.9 Å². The van der Waals surface area contributed by atoms with Crippen LogP contribution in [-0.2, 0) is 19.4 Å². The molecule has 0 saturated heterocycles. The minimum Gasteiger partial charge on any atom is -0.384 e. The predicted octanol–water partition coefficient (Wildman–Crippen LogP) is 1.75. The van der Waals surface area contributed by atoms with Crippen molar-refractivity contribution in [2.45, 2.75) is 45.6 Å². The fraction of sp³-hybridized carbons (Fsp3) is 0.700. The van der Waals surface area contributed by atoms with Crippen molar-refractivity contribution < 1.29 is 0 Å². The van der Waals surface area contributed by atoms with Crippen LogP contribution in [-0.4, -0.2) is 9.78 Å². The van der Waals surface area contributed by atoms with E-state index in [9.17, 15) is 0 Å². The normalized spacial score (nSPS) is 15.8.